The van der Waals surface area contributed by atoms with Gasteiger partial charge in [-0.15, -0.1) is 0 Å². The van der Waals surface area contributed by atoms with Crippen LogP contribution in [-0.2, 0) is 0 Å². The molecule has 0 radical (unpaired) electrons. The second-order valence-corrected chi connectivity index (χ2v) is 14.7. The Kier molecular flexibility index (Phi) is 6.70. The van der Waals surface area contributed by atoms with E-state index in [0.29, 0.717) is 0 Å². The zero-order valence-corrected chi connectivity index (χ0v) is 30.0. The van der Waals surface area contributed by atoms with Gasteiger partial charge in [-0.2, -0.15) is 0 Å². The van der Waals surface area contributed by atoms with Crippen LogP contribution < -0.4 is 0 Å². The van der Waals surface area contributed by atoms with Crippen LogP contribution in [0.2, 0.25) is 0 Å². The van der Waals surface area contributed by atoms with Gasteiger partial charge < -0.3 is 8.98 Å². The summed E-state index contributed by atoms with van der Waals surface area (Å²) in [5.74, 6) is 0. The molecule has 0 saturated carbocycles. The molecule has 3 aromatic heterocycles. The molecule has 11 aromatic rings. The predicted octanol–water partition coefficient (Wildman–Crippen LogP) is 14.1. The summed E-state index contributed by atoms with van der Waals surface area (Å²) in [7, 11) is 0. The summed E-state index contributed by atoms with van der Waals surface area (Å²) in [6, 6.07) is 59.0. The molecule has 0 saturated heterocycles. The van der Waals surface area contributed by atoms with Crippen molar-refractivity contribution < 1.29 is 4.42 Å². The highest BCUT2D eigenvalue weighted by atomic mass is 79.9. The van der Waals surface area contributed by atoms with E-state index in [9.17, 15) is 0 Å². The van der Waals surface area contributed by atoms with Crippen LogP contribution >= 0.6 is 15.9 Å². The molecule has 53 heavy (non-hydrogen) atoms. The van der Waals surface area contributed by atoms with Gasteiger partial charge in [0.2, 0.25) is 0 Å². The molecule has 0 aliphatic carbocycles. The van der Waals surface area contributed by atoms with Crippen LogP contribution in [0.15, 0.2) is 185 Å². The fraction of sp³-hybridized carbons (Fsp3) is 0. The first-order valence-electron chi connectivity index (χ1n) is 17.8. The summed E-state index contributed by atoms with van der Waals surface area (Å²) in [5.41, 5.74) is 12.0. The summed E-state index contributed by atoms with van der Waals surface area (Å²) in [4.78, 5) is 4.40. The lowest BCUT2D eigenvalue weighted by atomic mass is 9.93. The van der Waals surface area contributed by atoms with Crippen LogP contribution in [0.25, 0.3) is 104 Å². The Morgan fingerprint density at radius 1 is 0.472 bits per heavy atom. The van der Waals surface area contributed by atoms with E-state index < -0.39 is 0 Å². The van der Waals surface area contributed by atoms with Gasteiger partial charge in [-0.3, -0.25) is 4.98 Å². The summed E-state index contributed by atoms with van der Waals surface area (Å²) in [5, 5.41) is 9.58. The average Bonchev–Trinajstić information content (AvgIpc) is 3.75. The van der Waals surface area contributed by atoms with Crippen molar-refractivity contribution in [2.24, 2.45) is 0 Å². The van der Waals surface area contributed by atoms with Crippen molar-refractivity contribution in [1.29, 1.82) is 0 Å². The zero-order chi connectivity index (χ0) is 35.0. The molecule has 0 N–H and O–H groups in total. The van der Waals surface area contributed by atoms with Gasteiger partial charge in [0.1, 0.15) is 11.2 Å². The van der Waals surface area contributed by atoms with Crippen molar-refractivity contribution >= 4 is 81.2 Å². The molecule has 0 fully saturated rings. The minimum absolute atomic E-state index is 0.885. The molecular weight excluding hydrogens is 712 g/mol. The lowest BCUT2D eigenvalue weighted by Crippen LogP contribution is -1.97. The maximum atomic E-state index is 6.49. The molecule has 3 nitrogen and oxygen atoms in total. The molecule has 3 heterocycles. The number of aromatic nitrogens is 2. The van der Waals surface area contributed by atoms with Crippen molar-refractivity contribution in [2.75, 3.05) is 0 Å². The molecule has 0 aliphatic rings. The van der Waals surface area contributed by atoms with Gasteiger partial charge in [0.05, 0.1) is 11.0 Å². The predicted molar refractivity (Wildman–Crippen MR) is 225 cm³/mol. The highest BCUT2D eigenvalue weighted by Gasteiger charge is 2.21. The molecule has 0 atom stereocenters. The molecule has 8 aromatic carbocycles. The van der Waals surface area contributed by atoms with Gasteiger partial charge in [-0.05, 0) is 117 Å². The first-order chi connectivity index (χ1) is 26.2. The first-order valence-corrected chi connectivity index (χ1v) is 18.6. The topological polar surface area (TPSA) is 31.0 Å². The van der Waals surface area contributed by atoms with Gasteiger partial charge in [0.15, 0.2) is 0 Å². The molecule has 0 aliphatic heterocycles. The molecule has 248 valence electrons. The number of rotatable bonds is 4. The summed E-state index contributed by atoms with van der Waals surface area (Å²) in [6.45, 7) is 0. The molecule has 0 unspecified atom stereocenters. The Balaban J connectivity index is 1.16. The van der Waals surface area contributed by atoms with Gasteiger partial charge in [0.25, 0.3) is 0 Å². The third-order valence-electron chi connectivity index (χ3n) is 10.6. The van der Waals surface area contributed by atoms with Crippen LogP contribution in [-0.4, -0.2) is 9.55 Å². The third kappa shape index (κ3) is 4.83. The monoisotopic (exact) mass is 740 g/mol. The van der Waals surface area contributed by atoms with Crippen molar-refractivity contribution in [3.05, 3.63) is 181 Å². The fourth-order valence-electron chi connectivity index (χ4n) is 8.24. The molecule has 0 bridgehead atoms. The van der Waals surface area contributed by atoms with Crippen molar-refractivity contribution in [3.63, 3.8) is 0 Å². The lowest BCUT2D eigenvalue weighted by molar-refractivity contribution is 0.669. The number of pyridine rings is 1. The van der Waals surface area contributed by atoms with E-state index in [-0.39, 0.29) is 0 Å². The standard InChI is InChI=1S/C49H29BrN2O/c50-38-22-36(33-18-19-41-44-25-31-9-1-2-10-32(31)27-47(44)53-46(41)28-33)21-37(23-38)43-26-34-11-3-4-15-40(34)48-42-16-5-6-17-45(42)52(49(43)48)39-14-7-12-30(24-39)35-13-8-20-51-29-35/h1-29H. The largest absolute Gasteiger partial charge is 0.456 e. The second kappa shape index (κ2) is 11.8. The number of furan rings is 1. The normalized spacial score (nSPS) is 11.9. The Morgan fingerprint density at radius 3 is 2.08 bits per heavy atom. The Hall–Kier alpha value is -6.49. The average molecular weight is 742 g/mol. The highest BCUT2D eigenvalue weighted by Crippen LogP contribution is 2.44. The number of hydrogen-bond donors (Lipinski definition) is 0. The summed E-state index contributed by atoms with van der Waals surface area (Å²) in [6.07, 6.45) is 3.75. The minimum Gasteiger partial charge on any atom is -0.456 e. The minimum atomic E-state index is 0.885. The van der Waals surface area contributed by atoms with E-state index in [1.165, 1.54) is 48.9 Å². The smallest absolute Gasteiger partial charge is 0.136 e. The quantitative estimate of drug-likeness (QED) is 0.180. The number of hydrogen-bond acceptors (Lipinski definition) is 2. The second-order valence-electron chi connectivity index (χ2n) is 13.8. The van der Waals surface area contributed by atoms with E-state index in [0.717, 1.165) is 59.9 Å². The molecule has 0 amide bonds. The van der Waals surface area contributed by atoms with Gasteiger partial charge in [-0.25, -0.2) is 0 Å². The van der Waals surface area contributed by atoms with E-state index in [4.69, 9.17) is 4.42 Å². The zero-order valence-electron chi connectivity index (χ0n) is 28.4. The maximum Gasteiger partial charge on any atom is 0.136 e. The Morgan fingerprint density at radius 2 is 1.21 bits per heavy atom. The number of fused-ring (bicyclic) bond motifs is 9. The van der Waals surface area contributed by atoms with Crippen LogP contribution in [0.5, 0.6) is 0 Å². The van der Waals surface area contributed by atoms with E-state index in [1.807, 2.05) is 18.5 Å². The van der Waals surface area contributed by atoms with Gasteiger partial charge in [-0.1, -0.05) is 107 Å². The van der Waals surface area contributed by atoms with Crippen LogP contribution in [0, 0.1) is 0 Å². The van der Waals surface area contributed by atoms with E-state index in [2.05, 4.69) is 183 Å². The first kappa shape index (κ1) is 30.2. The molecule has 4 heteroatoms. The van der Waals surface area contributed by atoms with Crippen LogP contribution in [0.1, 0.15) is 0 Å². The van der Waals surface area contributed by atoms with Crippen molar-refractivity contribution in [2.45, 2.75) is 0 Å². The highest BCUT2D eigenvalue weighted by molar-refractivity contribution is 9.10. The fourth-order valence-corrected chi connectivity index (χ4v) is 8.74. The van der Waals surface area contributed by atoms with E-state index in [1.54, 1.807) is 0 Å². The number of halogens is 1. The number of para-hydroxylation sites is 1. The number of benzene rings is 8. The van der Waals surface area contributed by atoms with Crippen molar-refractivity contribution in [3.8, 4) is 39.1 Å². The lowest BCUT2D eigenvalue weighted by Gasteiger charge is -2.15. The third-order valence-corrected chi connectivity index (χ3v) is 11.1. The number of nitrogens with zero attached hydrogens (tertiary/aromatic N) is 2. The SMILES string of the molecule is Brc1cc(-c2ccc3c(c2)oc2cc4ccccc4cc23)cc(-c2cc3ccccc3c3c4ccccc4n(-c4cccc(-c5cccnc5)c4)c23)c1. The van der Waals surface area contributed by atoms with Gasteiger partial charge >= 0.3 is 0 Å². The van der Waals surface area contributed by atoms with Gasteiger partial charge in [0, 0.05) is 55.2 Å². The van der Waals surface area contributed by atoms with E-state index >= 15 is 0 Å². The van der Waals surface area contributed by atoms with Crippen molar-refractivity contribution in [1.82, 2.24) is 9.55 Å². The Bertz CT molecular complexity index is 3250. The molecular formula is C49H29BrN2O. The maximum absolute atomic E-state index is 6.49. The van der Waals surface area contributed by atoms with Crippen LogP contribution in [0.4, 0.5) is 0 Å². The van der Waals surface area contributed by atoms with Crippen LogP contribution in [0.3, 0.4) is 0 Å². The molecule has 0 spiro atoms. The Labute approximate surface area is 313 Å². The molecule has 11 rings (SSSR count). The summed E-state index contributed by atoms with van der Waals surface area (Å²) < 4.78 is 9.95. The summed E-state index contributed by atoms with van der Waals surface area (Å²) >= 11 is 3.92.